The summed E-state index contributed by atoms with van der Waals surface area (Å²) in [6.07, 6.45) is 0. The highest BCUT2D eigenvalue weighted by molar-refractivity contribution is 6.01. The van der Waals surface area contributed by atoms with Crippen molar-refractivity contribution in [2.75, 3.05) is 7.05 Å². The van der Waals surface area contributed by atoms with E-state index >= 15 is 0 Å². The Labute approximate surface area is 66.1 Å². The number of primary amides is 1. The second kappa shape index (κ2) is 3.95. The lowest BCUT2D eigenvalue weighted by atomic mass is 9.94. The van der Waals surface area contributed by atoms with Crippen molar-refractivity contribution in [3.63, 3.8) is 0 Å². The Morgan fingerprint density at radius 1 is 1.36 bits per heavy atom. The van der Waals surface area contributed by atoms with Crippen molar-refractivity contribution in [2.45, 2.75) is 13.8 Å². The average molecular weight is 157 g/mol. The van der Waals surface area contributed by atoms with Crippen LogP contribution in [0.3, 0.4) is 0 Å². The minimum Gasteiger partial charge on any atom is -0.369 e. The number of hydrogen-bond donors (Lipinski definition) is 2. The summed E-state index contributed by atoms with van der Waals surface area (Å²) < 4.78 is 0. The molecule has 0 aliphatic rings. The molecular formula is C7H13N2O2. The zero-order chi connectivity index (χ0) is 9.02. The molecule has 3 N–H and O–H groups in total. The first-order valence-electron chi connectivity index (χ1n) is 3.31. The van der Waals surface area contributed by atoms with Crippen LogP contribution in [0.5, 0.6) is 0 Å². The summed E-state index contributed by atoms with van der Waals surface area (Å²) in [6.45, 7) is 3.40. The number of rotatable bonds is 3. The van der Waals surface area contributed by atoms with Gasteiger partial charge in [-0.15, -0.1) is 0 Å². The van der Waals surface area contributed by atoms with Crippen LogP contribution in [-0.4, -0.2) is 18.9 Å². The Morgan fingerprint density at radius 3 is 1.91 bits per heavy atom. The van der Waals surface area contributed by atoms with Gasteiger partial charge in [0.1, 0.15) is 5.92 Å². The van der Waals surface area contributed by atoms with Crippen molar-refractivity contribution >= 4 is 11.8 Å². The van der Waals surface area contributed by atoms with Crippen LogP contribution in [0, 0.1) is 11.8 Å². The van der Waals surface area contributed by atoms with E-state index in [9.17, 15) is 9.59 Å². The summed E-state index contributed by atoms with van der Waals surface area (Å²) in [5.41, 5.74) is 4.99. The fraction of sp³-hybridized carbons (Fsp3) is 0.571. The topological polar surface area (TPSA) is 72.2 Å². The van der Waals surface area contributed by atoms with Crippen LogP contribution in [-0.2, 0) is 9.59 Å². The maximum absolute atomic E-state index is 11.0. The number of hydrogen-bond acceptors (Lipinski definition) is 2. The third-order valence-electron chi connectivity index (χ3n) is 1.37. The van der Waals surface area contributed by atoms with E-state index in [2.05, 4.69) is 5.32 Å². The fourth-order valence-corrected chi connectivity index (χ4v) is 0.820. The van der Waals surface area contributed by atoms with E-state index in [-0.39, 0.29) is 5.91 Å². The van der Waals surface area contributed by atoms with Gasteiger partial charge in [-0.2, -0.15) is 0 Å². The van der Waals surface area contributed by atoms with Crippen molar-refractivity contribution in [1.29, 1.82) is 0 Å². The molecule has 0 saturated heterocycles. The van der Waals surface area contributed by atoms with Crippen LogP contribution in [0.15, 0.2) is 0 Å². The Hall–Kier alpha value is -1.06. The van der Waals surface area contributed by atoms with Crippen LogP contribution in [0.1, 0.15) is 13.8 Å². The molecule has 0 fully saturated rings. The number of nitrogens with two attached hydrogens (primary N) is 1. The molecule has 0 aromatic carbocycles. The maximum Gasteiger partial charge on any atom is 0.232 e. The van der Waals surface area contributed by atoms with E-state index < -0.39 is 11.8 Å². The van der Waals surface area contributed by atoms with Gasteiger partial charge in [0.15, 0.2) is 0 Å². The SMILES string of the molecule is CNC(=O)[C@H]([C](C)C)C(N)=O. The molecule has 0 spiro atoms. The Morgan fingerprint density at radius 2 is 1.82 bits per heavy atom. The molecule has 0 aromatic heterocycles. The smallest absolute Gasteiger partial charge is 0.232 e. The molecule has 0 aliphatic heterocycles. The summed E-state index contributed by atoms with van der Waals surface area (Å²) in [5, 5.41) is 2.37. The lowest BCUT2D eigenvalue weighted by Crippen LogP contribution is -2.39. The fourth-order valence-electron chi connectivity index (χ4n) is 0.820. The van der Waals surface area contributed by atoms with Crippen molar-refractivity contribution in [3.8, 4) is 0 Å². The first-order valence-corrected chi connectivity index (χ1v) is 3.31. The second-order valence-corrected chi connectivity index (χ2v) is 2.53. The highest BCUT2D eigenvalue weighted by Crippen LogP contribution is 2.11. The van der Waals surface area contributed by atoms with Gasteiger partial charge in [-0.3, -0.25) is 9.59 Å². The molecule has 0 aliphatic carbocycles. The predicted octanol–water partition coefficient (Wildman–Crippen LogP) is -0.552. The Kier molecular flexibility index (Phi) is 3.57. The van der Waals surface area contributed by atoms with E-state index in [1.807, 2.05) is 0 Å². The van der Waals surface area contributed by atoms with Gasteiger partial charge in [0.25, 0.3) is 0 Å². The van der Waals surface area contributed by atoms with Crippen LogP contribution in [0.25, 0.3) is 0 Å². The minimum absolute atomic E-state index is 0.350. The molecule has 0 bridgehead atoms. The van der Waals surface area contributed by atoms with Crippen LogP contribution >= 0.6 is 0 Å². The molecule has 1 radical (unpaired) electrons. The molecule has 11 heavy (non-hydrogen) atoms. The normalized spacial score (nSPS) is 12.7. The molecule has 2 amide bonds. The van der Waals surface area contributed by atoms with Crippen LogP contribution < -0.4 is 11.1 Å². The van der Waals surface area contributed by atoms with Gasteiger partial charge < -0.3 is 11.1 Å². The molecule has 0 aromatic rings. The standard InChI is InChI=1S/C7H13N2O2/c1-4(2)5(6(8)10)7(11)9-3/h5H,1-3H3,(H2,8,10)(H,9,11)/t5-/m1/s1. The molecule has 0 rings (SSSR count). The molecule has 4 nitrogen and oxygen atoms in total. The molecule has 0 unspecified atom stereocenters. The van der Waals surface area contributed by atoms with E-state index in [0.29, 0.717) is 5.92 Å². The highest BCUT2D eigenvalue weighted by atomic mass is 16.2. The van der Waals surface area contributed by atoms with Crippen molar-refractivity contribution in [3.05, 3.63) is 5.92 Å². The molecule has 4 heteroatoms. The highest BCUT2D eigenvalue weighted by Gasteiger charge is 2.26. The first-order chi connectivity index (χ1) is 5.00. The third kappa shape index (κ3) is 2.57. The Balaban J connectivity index is 4.34. The van der Waals surface area contributed by atoms with Crippen molar-refractivity contribution in [2.24, 2.45) is 11.7 Å². The molecule has 0 heterocycles. The third-order valence-corrected chi connectivity index (χ3v) is 1.37. The van der Waals surface area contributed by atoms with Crippen LogP contribution in [0.2, 0.25) is 0 Å². The maximum atomic E-state index is 11.0. The summed E-state index contributed by atoms with van der Waals surface area (Å²) >= 11 is 0. The van der Waals surface area contributed by atoms with Gasteiger partial charge >= 0.3 is 0 Å². The quantitative estimate of drug-likeness (QED) is 0.539. The van der Waals surface area contributed by atoms with E-state index in [1.165, 1.54) is 7.05 Å². The number of amides is 2. The van der Waals surface area contributed by atoms with E-state index in [1.54, 1.807) is 13.8 Å². The molecule has 63 valence electrons. The van der Waals surface area contributed by atoms with Crippen LogP contribution in [0.4, 0.5) is 0 Å². The van der Waals surface area contributed by atoms with Gasteiger partial charge in [-0.05, 0) is 5.92 Å². The van der Waals surface area contributed by atoms with Gasteiger partial charge in [-0.25, -0.2) is 0 Å². The second-order valence-electron chi connectivity index (χ2n) is 2.53. The molecule has 0 saturated carbocycles. The summed E-state index contributed by atoms with van der Waals surface area (Å²) in [5.74, 6) is -1.04. The number of nitrogens with one attached hydrogen (secondary N) is 1. The Bertz CT molecular complexity index is 166. The average Bonchev–Trinajstić information content (AvgIpc) is 1.85. The largest absolute Gasteiger partial charge is 0.369 e. The van der Waals surface area contributed by atoms with Crippen molar-refractivity contribution in [1.82, 2.24) is 5.32 Å². The lowest BCUT2D eigenvalue weighted by Gasteiger charge is -2.13. The predicted molar refractivity (Wildman–Crippen MR) is 41.3 cm³/mol. The zero-order valence-corrected chi connectivity index (χ0v) is 6.97. The summed E-state index contributed by atoms with van der Waals surface area (Å²) in [6, 6.07) is 0. The first kappa shape index (κ1) is 9.94. The molecular weight excluding hydrogens is 144 g/mol. The zero-order valence-electron chi connectivity index (χ0n) is 6.97. The van der Waals surface area contributed by atoms with Gasteiger partial charge in [-0.1, -0.05) is 13.8 Å². The summed E-state index contributed by atoms with van der Waals surface area (Å²) in [4.78, 5) is 21.6. The van der Waals surface area contributed by atoms with E-state index in [0.717, 1.165) is 0 Å². The van der Waals surface area contributed by atoms with Gasteiger partial charge in [0.2, 0.25) is 11.8 Å². The number of carbonyl (C=O) groups is 2. The molecule has 1 atom stereocenters. The summed E-state index contributed by atoms with van der Waals surface area (Å²) in [7, 11) is 1.47. The lowest BCUT2D eigenvalue weighted by molar-refractivity contribution is -0.132. The van der Waals surface area contributed by atoms with Crippen molar-refractivity contribution < 1.29 is 9.59 Å². The minimum atomic E-state index is -0.792. The van der Waals surface area contributed by atoms with E-state index in [4.69, 9.17) is 5.73 Å². The number of carbonyl (C=O) groups excluding carboxylic acids is 2. The van der Waals surface area contributed by atoms with Gasteiger partial charge in [0.05, 0.1) is 0 Å². The van der Waals surface area contributed by atoms with Gasteiger partial charge in [0, 0.05) is 7.05 Å². The monoisotopic (exact) mass is 157 g/mol.